The summed E-state index contributed by atoms with van der Waals surface area (Å²) in [4.78, 5) is 16.3. The van der Waals surface area contributed by atoms with Crippen molar-refractivity contribution in [3.05, 3.63) is 55.7 Å². The van der Waals surface area contributed by atoms with Crippen LogP contribution in [0.15, 0.2) is 39.4 Å². The molecule has 0 spiro atoms. The Kier molecular flexibility index (Phi) is 4.60. The predicted molar refractivity (Wildman–Crippen MR) is 83.8 cm³/mol. The molecule has 0 saturated carbocycles. The molecule has 0 atom stereocenters. The average molecular weight is 404 g/mol. The first kappa shape index (κ1) is 14.5. The lowest BCUT2D eigenvalue weighted by Crippen LogP contribution is -2.13. The van der Waals surface area contributed by atoms with Crippen molar-refractivity contribution in [2.24, 2.45) is 0 Å². The fourth-order valence-electron chi connectivity index (χ4n) is 1.49. The highest BCUT2D eigenvalue weighted by atomic mass is 79.9. The third-order valence-electron chi connectivity index (χ3n) is 2.48. The van der Waals surface area contributed by atoms with Crippen molar-refractivity contribution in [2.75, 3.05) is 5.32 Å². The van der Waals surface area contributed by atoms with Crippen LogP contribution in [0.2, 0.25) is 5.02 Å². The van der Waals surface area contributed by atoms with Crippen LogP contribution in [0, 0.1) is 6.92 Å². The number of aromatic nitrogens is 1. The van der Waals surface area contributed by atoms with Crippen LogP contribution in [-0.2, 0) is 0 Å². The standard InChI is InChI=1S/C13H9Br2ClN2O/c1-7-11(4-5-12(15)17-7)18-13(19)8-2-3-10(16)9(14)6-8/h2-6H,1H3,(H,18,19). The molecule has 19 heavy (non-hydrogen) atoms. The zero-order valence-corrected chi connectivity index (χ0v) is 13.8. The maximum absolute atomic E-state index is 12.1. The zero-order chi connectivity index (χ0) is 14.0. The van der Waals surface area contributed by atoms with E-state index in [2.05, 4.69) is 42.2 Å². The minimum absolute atomic E-state index is 0.204. The van der Waals surface area contributed by atoms with Crippen molar-refractivity contribution in [3.8, 4) is 0 Å². The maximum Gasteiger partial charge on any atom is 0.255 e. The summed E-state index contributed by atoms with van der Waals surface area (Å²) in [5.41, 5.74) is 1.95. The van der Waals surface area contributed by atoms with Gasteiger partial charge in [-0.2, -0.15) is 0 Å². The first-order valence-electron chi connectivity index (χ1n) is 5.37. The van der Waals surface area contributed by atoms with Crippen LogP contribution in [0.25, 0.3) is 0 Å². The van der Waals surface area contributed by atoms with Gasteiger partial charge in [0.1, 0.15) is 4.60 Å². The van der Waals surface area contributed by atoms with Crippen LogP contribution in [0.5, 0.6) is 0 Å². The molecule has 1 N–H and O–H groups in total. The Bertz CT molecular complexity index is 647. The number of hydrogen-bond donors (Lipinski definition) is 1. The van der Waals surface area contributed by atoms with Gasteiger partial charge in [0, 0.05) is 10.0 Å². The SMILES string of the molecule is Cc1nc(Br)ccc1NC(=O)c1ccc(Cl)c(Br)c1. The smallest absolute Gasteiger partial charge is 0.255 e. The topological polar surface area (TPSA) is 42.0 Å². The number of pyridine rings is 1. The lowest BCUT2D eigenvalue weighted by atomic mass is 10.2. The largest absolute Gasteiger partial charge is 0.320 e. The molecule has 2 aromatic rings. The van der Waals surface area contributed by atoms with E-state index in [9.17, 15) is 4.79 Å². The van der Waals surface area contributed by atoms with Gasteiger partial charge in [0.05, 0.1) is 16.4 Å². The van der Waals surface area contributed by atoms with E-state index in [0.717, 1.165) is 10.3 Å². The third kappa shape index (κ3) is 3.55. The molecule has 98 valence electrons. The summed E-state index contributed by atoms with van der Waals surface area (Å²) in [5, 5.41) is 3.38. The third-order valence-corrected chi connectivity index (χ3v) is 4.14. The quantitative estimate of drug-likeness (QED) is 0.729. The molecule has 0 aliphatic heterocycles. The minimum atomic E-state index is -0.204. The Hall–Kier alpha value is -0.910. The lowest BCUT2D eigenvalue weighted by molar-refractivity contribution is 0.102. The first-order chi connectivity index (χ1) is 8.97. The second-order valence-corrected chi connectivity index (χ2v) is 5.92. The van der Waals surface area contributed by atoms with Gasteiger partial charge in [-0.05, 0) is 69.1 Å². The van der Waals surface area contributed by atoms with Gasteiger partial charge in [-0.3, -0.25) is 4.79 Å². The van der Waals surface area contributed by atoms with Gasteiger partial charge >= 0.3 is 0 Å². The van der Waals surface area contributed by atoms with Crippen molar-refractivity contribution in [3.63, 3.8) is 0 Å². The molecule has 3 nitrogen and oxygen atoms in total. The first-order valence-corrected chi connectivity index (χ1v) is 7.33. The van der Waals surface area contributed by atoms with E-state index in [1.807, 2.05) is 6.92 Å². The summed E-state index contributed by atoms with van der Waals surface area (Å²) < 4.78 is 1.42. The number of hydrogen-bond acceptors (Lipinski definition) is 2. The molecule has 0 aliphatic carbocycles. The molecule has 1 amide bonds. The van der Waals surface area contributed by atoms with Gasteiger partial charge in [0.2, 0.25) is 0 Å². The van der Waals surface area contributed by atoms with Crippen molar-refractivity contribution in [1.82, 2.24) is 4.98 Å². The molecule has 2 rings (SSSR count). The zero-order valence-electron chi connectivity index (χ0n) is 9.88. The molecule has 6 heteroatoms. The number of nitrogens with one attached hydrogen (secondary N) is 1. The van der Waals surface area contributed by atoms with Crippen molar-refractivity contribution >= 4 is 55.1 Å². The summed E-state index contributed by atoms with van der Waals surface area (Å²) in [6.45, 7) is 1.83. The number of anilines is 1. The van der Waals surface area contributed by atoms with E-state index in [1.54, 1.807) is 30.3 Å². The highest BCUT2D eigenvalue weighted by Gasteiger charge is 2.10. The highest BCUT2D eigenvalue weighted by Crippen LogP contribution is 2.24. The van der Waals surface area contributed by atoms with E-state index >= 15 is 0 Å². The maximum atomic E-state index is 12.1. The van der Waals surface area contributed by atoms with Gasteiger partial charge in [-0.25, -0.2) is 4.98 Å². The normalized spacial score (nSPS) is 10.3. The van der Waals surface area contributed by atoms with Crippen molar-refractivity contribution < 1.29 is 4.79 Å². The fraction of sp³-hybridized carbons (Fsp3) is 0.0769. The van der Waals surface area contributed by atoms with Gasteiger partial charge < -0.3 is 5.32 Å². The van der Waals surface area contributed by atoms with Crippen LogP contribution >= 0.6 is 43.5 Å². The van der Waals surface area contributed by atoms with E-state index < -0.39 is 0 Å². The predicted octanol–water partition coefficient (Wildman–Crippen LogP) is 4.82. The molecular formula is C13H9Br2ClN2O. The van der Waals surface area contributed by atoms with Gasteiger partial charge in [-0.1, -0.05) is 11.6 Å². The second-order valence-electron chi connectivity index (χ2n) is 3.85. The molecular weight excluding hydrogens is 395 g/mol. The molecule has 1 aromatic carbocycles. The lowest BCUT2D eigenvalue weighted by Gasteiger charge is -2.08. The average Bonchev–Trinajstić information content (AvgIpc) is 2.36. The van der Waals surface area contributed by atoms with E-state index in [0.29, 0.717) is 20.7 Å². The van der Waals surface area contributed by atoms with Crippen LogP contribution < -0.4 is 5.32 Å². The summed E-state index contributed by atoms with van der Waals surface area (Å²) in [5.74, 6) is -0.204. The minimum Gasteiger partial charge on any atom is -0.320 e. The molecule has 0 bridgehead atoms. The van der Waals surface area contributed by atoms with E-state index in [1.165, 1.54) is 0 Å². The Morgan fingerprint density at radius 1 is 1.26 bits per heavy atom. The molecule has 0 aliphatic rings. The van der Waals surface area contributed by atoms with Crippen LogP contribution in [0.4, 0.5) is 5.69 Å². The Balaban J connectivity index is 2.23. The van der Waals surface area contributed by atoms with Gasteiger partial charge in [0.15, 0.2) is 0 Å². The highest BCUT2D eigenvalue weighted by molar-refractivity contribution is 9.10. The molecule has 0 radical (unpaired) electrons. The molecule has 0 saturated heterocycles. The molecule has 0 fully saturated rings. The van der Waals surface area contributed by atoms with Crippen molar-refractivity contribution in [1.29, 1.82) is 0 Å². The van der Waals surface area contributed by atoms with Gasteiger partial charge in [-0.15, -0.1) is 0 Å². The monoisotopic (exact) mass is 402 g/mol. The molecule has 0 unspecified atom stereocenters. The van der Waals surface area contributed by atoms with Crippen LogP contribution in [0.1, 0.15) is 16.1 Å². The van der Waals surface area contributed by atoms with E-state index in [-0.39, 0.29) is 5.91 Å². The summed E-state index contributed by atoms with van der Waals surface area (Å²) in [7, 11) is 0. The number of aryl methyl sites for hydroxylation is 1. The summed E-state index contributed by atoms with van der Waals surface area (Å²) in [6, 6.07) is 8.60. The Morgan fingerprint density at radius 3 is 2.63 bits per heavy atom. The number of carbonyl (C=O) groups is 1. The number of halogens is 3. The number of rotatable bonds is 2. The number of benzene rings is 1. The van der Waals surface area contributed by atoms with E-state index in [4.69, 9.17) is 11.6 Å². The molecule has 1 heterocycles. The van der Waals surface area contributed by atoms with Crippen LogP contribution in [-0.4, -0.2) is 10.9 Å². The number of amides is 1. The Labute approximate surface area is 132 Å². The Morgan fingerprint density at radius 2 is 2.00 bits per heavy atom. The van der Waals surface area contributed by atoms with Gasteiger partial charge in [0.25, 0.3) is 5.91 Å². The number of carbonyl (C=O) groups excluding carboxylic acids is 1. The molecule has 1 aromatic heterocycles. The summed E-state index contributed by atoms with van der Waals surface area (Å²) in [6.07, 6.45) is 0. The number of nitrogens with zero attached hydrogens (tertiary/aromatic N) is 1. The fourth-order valence-corrected chi connectivity index (χ4v) is 2.39. The second kappa shape index (κ2) is 6.03. The van der Waals surface area contributed by atoms with Crippen LogP contribution in [0.3, 0.4) is 0 Å². The van der Waals surface area contributed by atoms with Crippen molar-refractivity contribution in [2.45, 2.75) is 6.92 Å². The summed E-state index contributed by atoms with van der Waals surface area (Å²) >= 11 is 12.5.